The maximum Gasteiger partial charge on any atom is 0.261 e. The number of nitrogens with one attached hydrogen (secondary N) is 2. The summed E-state index contributed by atoms with van der Waals surface area (Å²) in [6.45, 7) is 2.82. The molecule has 0 aliphatic carbocycles. The molecule has 0 amide bonds. The van der Waals surface area contributed by atoms with E-state index in [1.807, 2.05) is 16.7 Å². The van der Waals surface area contributed by atoms with Crippen molar-refractivity contribution in [3.05, 3.63) is 40.6 Å². The Balaban J connectivity index is 0.00000140. The molecule has 1 saturated heterocycles. The maximum absolute atomic E-state index is 13.1. The van der Waals surface area contributed by atoms with Crippen LogP contribution in [-0.4, -0.2) is 48.4 Å². The summed E-state index contributed by atoms with van der Waals surface area (Å²) in [4.78, 5) is 17.4. The minimum atomic E-state index is -3.32. The second-order valence-electron chi connectivity index (χ2n) is 7.01. The third-order valence-corrected chi connectivity index (χ3v) is 6.72. The second kappa shape index (κ2) is 8.96. The first-order valence-electron chi connectivity index (χ1n) is 8.85. The molecule has 11 heteroatoms. The Morgan fingerprint density at radius 3 is 2.82 bits per heavy atom. The fourth-order valence-corrected chi connectivity index (χ4v) is 4.66. The van der Waals surface area contributed by atoms with E-state index in [0.717, 1.165) is 31.7 Å². The van der Waals surface area contributed by atoms with E-state index in [9.17, 15) is 13.2 Å². The van der Waals surface area contributed by atoms with Crippen LogP contribution in [0.2, 0.25) is 0 Å². The van der Waals surface area contributed by atoms with E-state index in [2.05, 4.69) is 15.0 Å². The van der Waals surface area contributed by atoms with E-state index >= 15 is 0 Å². The van der Waals surface area contributed by atoms with E-state index in [-0.39, 0.29) is 42.7 Å². The van der Waals surface area contributed by atoms with Gasteiger partial charge in [0.15, 0.2) is 0 Å². The predicted octanol–water partition coefficient (Wildman–Crippen LogP) is 0.811. The Morgan fingerprint density at radius 1 is 1.29 bits per heavy atom. The first-order chi connectivity index (χ1) is 12.5. The standard InChI is InChI=1S/C17H23N5O3S.2ClH/c1-18-26(24,25)7-6-21-5-4-20-16(21)14-2-3-15-13-8-12(9-19-10-13)11-22(15)17(14)23;;/h2-5,12-13,18-19H,6-11H2,1H3;2*1H/t12-,13+;;/m0../s1. The molecular formula is C17H25Cl2N5O3S. The minimum Gasteiger partial charge on any atom is -0.330 e. The molecule has 2 aliphatic heterocycles. The Labute approximate surface area is 176 Å². The number of hydrogen-bond acceptors (Lipinski definition) is 5. The van der Waals surface area contributed by atoms with Crippen molar-refractivity contribution in [3.8, 4) is 11.4 Å². The molecule has 0 aromatic carbocycles. The molecule has 0 unspecified atom stereocenters. The van der Waals surface area contributed by atoms with Gasteiger partial charge in [-0.3, -0.25) is 4.79 Å². The first-order valence-corrected chi connectivity index (χ1v) is 10.5. The molecular weight excluding hydrogens is 425 g/mol. The number of sulfonamides is 1. The molecule has 2 bridgehead atoms. The zero-order valence-electron chi connectivity index (χ0n) is 15.5. The van der Waals surface area contributed by atoms with Gasteiger partial charge in [-0.15, -0.1) is 24.8 Å². The third-order valence-electron chi connectivity index (χ3n) is 5.38. The molecule has 0 spiro atoms. The molecule has 2 N–H and O–H groups in total. The highest BCUT2D eigenvalue weighted by Crippen LogP contribution is 2.32. The lowest BCUT2D eigenvalue weighted by molar-refractivity contribution is 0.257. The Hall–Kier alpha value is -1.39. The van der Waals surface area contributed by atoms with Gasteiger partial charge < -0.3 is 14.5 Å². The van der Waals surface area contributed by atoms with Crippen LogP contribution < -0.4 is 15.6 Å². The molecule has 2 aromatic heterocycles. The summed E-state index contributed by atoms with van der Waals surface area (Å²) in [5, 5.41) is 3.44. The molecule has 0 saturated carbocycles. The van der Waals surface area contributed by atoms with Crippen molar-refractivity contribution in [2.75, 3.05) is 25.9 Å². The largest absolute Gasteiger partial charge is 0.330 e. The van der Waals surface area contributed by atoms with Gasteiger partial charge >= 0.3 is 0 Å². The van der Waals surface area contributed by atoms with Crippen molar-refractivity contribution in [2.24, 2.45) is 5.92 Å². The number of pyridine rings is 1. The highest BCUT2D eigenvalue weighted by Gasteiger charge is 2.31. The number of halogens is 2. The van der Waals surface area contributed by atoms with Crippen LogP contribution in [0, 0.1) is 5.92 Å². The molecule has 28 heavy (non-hydrogen) atoms. The number of nitrogens with zero attached hydrogens (tertiary/aromatic N) is 3. The zero-order valence-corrected chi connectivity index (χ0v) is 17.9. The lowest BCUT2D eigenvalue weighted by atomic mass is 9.84. The summed E-state index contributed by atoms with van der Waals surface area (Å²) in [5.41, 5.74) is 1.56. The predicted molar refractivity (Wildman–Crippen MR) is 113 cm³/mol. The smallest absolute Gasteiger partial charge is 0.261 e. The van der Waals surface area contributed by atoms with Crippen LogP contribution in [0.25, 0.3) is 11.4 Å². The van der Waals surface area contributed by atoms with Crippen LogP contribution in [0.4, 0.5) is 0 Å². The van der Waals surface area contributed by atoms with Gasteiger partial charge in [0.25, 0.3) is 5.56 Å². The van der Waals surface area contributed by atoms with Gasteiger partial charge in [0.2, 0.25) is 10.0 Å². The van der Waals surface area contributed by atoms with Crippen LogP contribution in [0.5, 0.6) is 0 Å². The lowest BCUT2D eigenvalue weighted by Gasteiger charge is -2.37. The van der Waals surface area contributed by atoms with Gasteiger partial charge in [-0.1, -0.05) is 0 Å². The first kappa shape index (κ1) is 22.9. The lowest BCUT2D eigenvalue weighted by Crippen LogP contribution is -2.45. The number of fused-ring (bicyclic) bond motifs is 4. The summed E-state index contributed by atoms with van der Waals surface area (Å²) < 4.78 is 29.3. The maximum atomic E-state index is 13.1. The molecule has 4 rings (SSSR count). The van der Waals surface area contributed by atoms with E-state index in [1.165, 1.54) is 7.05 Å². The second-order valence-corrected chi connectivity index (χ2v) is 9.06. The minimum absolute atomic E-state index is 0. The van der Waals surface area contributed by atoms with Crippen molar-refractivity contribution >= 4 is 34.8 Å². The quantitative estimate of drug-likeness (QED) is 0.703. The van der Waals surface area contributed by atoms with Gasteiger partial charge in [0.1, 0.15) is 5.82 Å². The number of rotatable bonds is 5. The monoisotopic (exact) mass is 449 g/mol. The number of piperidine rings is 1. The molecule has 4 heterocycles. The van der Waals surface area contributed by atoms with Crippen LogP contribution in [0.15, 0.2) is 29.3 Å². The molecule has 0 radical (unpaired) electrons. The Morgan fingerprint density at radius 2 is 2.07 bits per heavy atom. The van der Waals surface area contributed by atoms with Gasteiger partial charge in [-0.05, 0) is 38.1 Å². The Kier molecular flexibility index (Phi) is 7.33. The average Bonchev–Trinajstić information content (AvgIpc) is 3.10. The number of imidazole rings is 1. The summed E-state index contributed by atoms with van der Waals surface area (Å²) in [6, 6.07) is 3.85. The summed E-state index contributed by atoms with van der Waals surface area (Å²) >= 11 is 0. The molecule has 1 fully saturated rings. The van der Waals surface area contributed by atoms with Crippen molar-refractivity contribution in [1.29, 1.82) is 0 Å². The van der Waals surface area contributed by atoms with E-state index < -0.39 is 10.0 Å². The van der Waals surface area contributed by atoms with Crippen LogP contribution in [0.3, 0.4) is 0 Å². The van der Waals surface area contributed by atoms with E-state index in [1.54, 1.807) is 17.0 Å². The highest BCUT2D eigenvalue weighted by molar-refractivity contribution is 7.89. The SMILES string of the molecule is CNS(=O)(=O)CCn1ccnc1-c1ccc2n(c1=O)C[C@@H]1CNC[C@H]2C1.Cl.Cl. The fourth-order valence-electron chi connectivity index (χ4n) is 4.02. The average molecular weight is 450 g/mol. The van der Waals surface area contributed by atoms with Crippen molar-refractivity contribution < 1.29 is 8.42 Å². The van der Waals surface area contributed by atoms with Crippen molar-refractivity contribution in [1.82, 2.24) is 24.2 Å². The summed E-state index contributed by atoms with van der Waals surface area (Å²) in [7, 11) is -1.92. The van der Waals surface area contributed by atoms with Gasteiger partial charge in [-0.2, -0.15) is 0 Å². The number of hydrogen-bond donors (Lipinski definition) is 2. The molecule has 2 aliphatic rings. The van der Waals surface area contributed by atoms with Gasteiger partial charge in [0, 0.05) is 43.6 Å². The normalized spacial score (nSPS) is 20.6. The Bertz CT molecular complexity index is 989. The molecule has 2 atom stereocenters. The molecule has 156 valence electrons. The molecule has 8 nitrogen and oxygen atoms in total. The van der Waals surface area contributed by atoms with Crippen LogP contribution >= 0.6 is 24.8 Å². The van der Waals surface area contributed by atoms with E-state index in [4.69, 9.17) is 0 Å². The topological polar surface area (TPSA) is 98.0 Å². The number of aryl methyl sites for hydroxylation is 1. The third kappa shape index (κ3) is 4.28. The van der Waals surface area contributed by atoms with Gasteiger partial charge in [-0.25, -0.2) is 18.1 Å². The van der Waals surface area contributed by atoms with E-state index in [0.29, 0.717) is 23.2 Å². The van der Waals surface area contributed by atoms with Gasteiger partial charge in [0.05, 0.1) is 11.3 Å². The highest BCUT2D eigenvalue weighted by atomic mass is 35.5. The molecule has 2 aromatic rings. The fraction of sp³-hybridized carbons (Fsp3) is 0.529. The van der Waals surface area contributed by atoms with Crippen LogP contribution in [0.1, 0.15) is 18.0 Å². The zero-order chi connectivity index (χ0) is 18.3. The van der Waals surface area contributed by atoms with Crippen molar-refractivity contribution in [2.45, 2.75) is 25.4 Å². The number of aromatic nitrogens is 3. The van der Waals surface area contributed by atoms with Crippen LogP contribution in [-0.2, 0) is 23.1 Å². The van der Waals surface area contributed by atoms with Crippen molar-refractivity contribution in [3.63, 3.8) is 0 Å². The summed E-state index contributed by atoms with van der Waals surface area (Å²) in [5.74, 6) is 1.32. The summed E-state index contributed by atoms with van der Waals surface area (Å²) in [6.07, 6.45) is 4.44.